The number of hydrogen-bond acceptors (Lipinski definition) is 4. The summed E-state index contributed by atoms with van der Waals surface area (Å²) in [7, 11) is 0. The molecule has 0 unspecified atom stereocenters. The first-order valence-electron chi connectivity index (χ1n) is 8.83. The summed E-state index contributed by atoms with van der Waals surface area (Å²) in [4.78, 5) is 24.7. The standard InChI is InChI=1S/C22H18IN3O3/c1-14-15(2)26(16-8-4-3-5-9-16)21(18(14)12-24)25-20(27)13-29-22(28)17-10-6-7-11-19(17)23/h3-11H,13H2,1-2H3,(H,25,27). The minimum Gasteiger partial charge on any atom is -0.452 e. The van der Waals surface area contributed by atoms with Crippen LogP contribution in [-0.2, 0) is 9.53 Å². The number of carbonyl (C=O) groups excluding carboxylic acids is 2. The van der Waals surface area contributed by atoms with Gasteiger partial charge in [-0.3, -0.25) is 9.36 Å². The number of esters is 1. The molecule has 1 N–H and O–H groups in total. The van der Waals surface area contributed by atoms with Crippen molar-refractivity contribution in [2.75, 3.05) is 11.9 Å². The van der Waals surface area contributed by atoms with E-state index < -0.39 is 18.5 Å². The highest BCUT2D eigenvalue weighted by molar-refractivity contribution is 14.1. The predicted octanol–water partition coefficient (Wildman–Crippen LogP) is 4.37. The van der Waals surface area contributed by atoms with Crippen LogP contribution in [0.25, 0.3) is 5.69 Å². The lowest BCUT2D eigenvalue weighted by Gasteiger charge is -2.13. The SMILES string of the molecule is Cc1c(C#N)c(NC(=O)COC(=O)c2ccccc2I)n(-c2ccccc2)c1C. The van der Waals surface area contributed by atoms with Crippen molar-refractivity contribution >= 4 is 40.3 Å². The summed E-state index contributed by atoms with van der Waals surface area (Å²) >= 11 is 2.04. The molecule has 1 amide bonds. The van der Waals surface area contributed by atoms with Crippen molar-refractivity contribution < 1.29 is 14.3 Å². The highest BCUT2D eigenvalue weighted by Gasteiger charge is 2.21. The molecule has 3 rings (SSSR count). The van der Waals surface area contributed by atoms with E-state index >= 15 is 0 Å². The van der Waals surface area contributed by atoms with Crippen LogP contribution in [0.4, 0.5) is 5.82 Å². The maximum absolute atomic E-state index is 12.5. The van der Waals surface area contributed by atoms with E-state index in [0.717, 1.165) is 20.5 Å². The maximum Gasteiger partial charge on any atom is 0.339 e. The number of carbonyl (C=O) groups is 2. The molecule has 0 radical (unpaired) electrons. The highest BCUT2D eigenvalue weighted by Crippen LogP contribution is 2.29. The van der Waals surface area contributed by atoms with E-state index in [2.05, 4.69) is 11.4 Å². The van der Waals surface area contributed by atoms with Crippen molar-refractivity contribution in [3.8, 4) is 11.8 Å². The maximum atomic E-state index is 12.5. The van der Waals surface area contributed by atoms with Crippen LogP contribution in [0.2, 0.25) is 0 Å². The predicted molar refractivity (Wildman–Crippen MR) is 118 cm³/mol. The van der Waals surface area contributed by atoms with Gasteiger partial charge in [-0.2, -0.15) is 5.26 Å². The molecule has 0 spiro atoms. The van der Waals surface area contributed by atoms with Crippen molar-refractivity contribution in [3.63, 3.8) is 0 Å². The normalized spacial score (nSPS) is 10.3. The van der Waals surface area contributed by atoms with E-state index in [0.29, 0.717) is 16.9 Å². The number of benzene rings is 2. The number of amides is 1. The first-order chi connectivity index (χ1) is 13.9. The fourth-order valence-electron chi connectivity index (χ4n) is 2.96. The number of aromatic nitrogens is 1. The van der Waals surface area contributed by atoms with E-state index in [9.17, 15) is 14.9 Å². The van der Waals surface area contributed by atoms with Crippen LogP contribution >= 0.6 is 22.6 Å². The van der Waals surface area contributed by atoms with Crippen LogP contribution in [-0.4, -0.2) is 23.1 Å². The van der Waals surface area contributed by atoms with Gasteiger partial charge in [-0.1, -0.05) is 30.3 Å². The molecule has 1 aromatic heterocycles. The van der Waals surface area contributed by atoms with Crippen molar-refractivity contribution in [3.05, 3.63) is 80.6 Å². The fraction of sp³-hybridized carbons (Fsp3) is 0.136. The average Bonchev–Trinajstić information content (AvgIpc) is 2.96. The minimum atomic E-state index is -0.573. The van der Waals surface area contributed by atoms with Gasteiger partial charge >= 0.3 is 5.97 Å². The third-order valence-corrected chi connectivity index (χ3v) is 5.47. The van der Waals surface area contributed by atoms with Crippen molar-refractivity contribution in [2.45, 2.75) is 13.8 Å². The molecular formula is C22H18IN3O3. The molecule has 29 heavy (non-hydrogen) atoms. The van der Waals surface area contributed by atoms with Gasteiger partial charge in [-0.05, 0) is 66.3 Å². The van der Waals surface area contributed by atoms with Gasteiger partial charge in [-0.15, -0.1) is 0 Å². The van der Waals surface area contributed by atoms with Crippen molar-refractivity contribution in [2.24, 2.45) is 0 Å². The lowest BCUT2D eigenvalue weighted by Crippen LogP contribution is -2.23. The average molecular weight is 499 g/mol. The van der Waals surface area contributed by atoms with Crippen LogP contribution in [0.3, 0.4) is 0 Å². The first-order valence-corrected chi connectivity index (χ1v) is 9.90. The zero-order valence-electron chi connectivity index (χ0n) is 15.9. The number of rotatable bonds is 5. The molecule has 0 aliphatic heterocycles. The van der Waals surface area contributed by atoms with Crippen LogP contribution in [0, 0.1) is 28.7 Å². The van der Waals surface area contributed by atoms with Gasteiger partial charge in [0, 0.05) is 15.0 Å². The second-order valence-electron chi connectivity index (χ2n) is 6.32. The molecule has 1 heterocycles. The summed E-state index contributed by atoms with van der Waals surface area (Å²) in [5.41, 5.74) is 3.23. The second-order valence-corrected chi connectivity index (χ2v) is 7.48. The number of nitriles is 1. The van der Waals surface area contributed by atoms with Gasteiger partial charge in [0.25, 0.3) is 5.91 Å². The monoisotopic (exact) mass is 499 g/mol. The van der Waals surface area contributed by atoms with Gasteiger partial charge in [-0.25, -0.2) is 4.79 Å². The Morgan fingerprint density at radius 3 is 2.41 bits per heavy atom. The zero-order chi connectivity index (χ0) is 21.0. The topological polar surface area (TPSA) is 84.1 Å². The largest absolute Gasteiger partial charge is 0.452 e. The lowest BCUT2D eigenvalue weighted by atomic mass is 10.2. The molecule has 6 nitrogen and oxygen atoms in total. The number of nitrogens with one attached hydrogen (secondary N) is 1. The molecule has 0 bridgehead atoms. The van der Waals surface area contributed by atoms with Crippen LogP contribution < -0.4 is 5.32 Å². The van der Waals surface area contributed by atoms with Crippen molar-refractivity contribution in [1.29, 1.82) is 5.26 Å². The Hall–Kier alpha value is -3.12. The molecule has 0 fully saturated rings. The smallest absolute Gasteiger partial charge is 0.339 e. The summed E-state index contributed by atoms with van der Waals surface area (Å²) in [5, 5.41) is 12.3. The number of ether oxygens (including phenoxy) is 1. The Bertz CT molecular complexity index is 1110. The zero-order valence-corrected chi connectivity index (χ0v) is 18.1. The summed E-state index contributed by atoms with van der Waals surface area (Å²) in [6.07, 6.45) is 0. The number of anilines is 1. The van der Waals surface area contributed by atoms with E-state index in [1.807, 2.05) is 77.4 Å². The Balaban J connectivity index is 1.82. The molecule has 3 aromatic rings. The molecule has 7 heteroatoms. The van der Waals surface area contributed by atoms with Gasteiger partial charge in [0.2, 0.25) is 0 Å². The van der Waals surface area contributed by atoms with Crippen LogP contribution in [0.5, 0.6) is 0 Å². The summed E-state index contributed by atoms with van der Waals surface area (Å²) in [5.74, 6) is -0.726. The Labute approximate surface area is 182 Å². The molecule has 0 saturated carbocycles. The molecular weight excluding hydrogens is 481 g/mol. The van der Waals surface area contributed by atoms with Crippen LogP contribution in [0.15, 0.2) is 54.6 Å². The second kappa shape index (κ2) is 8.92. The van der Waals surface area contributed by atoms with E-state index in [1.54, 1.807) is 18.2 Å². The molecule has 0 saturated heterocycles. The van der Waals surface area contributed by atoms with Gasteiger partial charge in [0.15, 0.2) is 6.61 Å². The van der Waals surface area contributed by atoms with E-state index in [-0.39, 0.29) is 0 Å². The Morgan fingerprint density at radius 1 is 1.10 bits per heavy atom. The quantitative estimate of drug-likeness (QED) is 0.418. The summed E-state index contributed by atoms with van der Waals surface area (Å²) < 4.78 is 7.71. The summed E-state index contributed by atoms with van der Waals surface area (Å²) in [6, 6.07) is 18.6. The van der Waals surface area contributed by atoms with Gasteiger partial charge in [0.1, 0.15) is 11.9 Å². The van der Waals surface area contributed by atoms with Gasteiger partial charge < -0.3 is 10.1 Å². The molecule has 0 aliphatic carbocycles. The third kappa shape index (κ3) is 4.32. The first kappa shape index (κ1) is 20.6. The molecule has 0 atom stereocenters. The van der Waals surface area contributed by atoms with Crippen LogP contribution in [0.1, 0.15) is 27.2 Å². The van der Waals surface area contributed by atoms with Crippen molar-refractivity contribution in [1.82, 2.24) is 4.57 Å². The molecule has 2 aromatic carbocycles. The molecule has 0 aliphatic rings. The minimum absolute atomic E-state index is 0.365. The highest BCUT2D eigenvalue weighted by atomic mass is 127. The number of halogens is 1. The summed E-state index contributed by atoms with van der Waals surface area (Å²) in [6.45, 7) is 3.27. The number of para-hydroxylation sites is 1. The Morgan fingerprint density at radius 2 is 1.76 bits per heavy atom. The fourth-order valence-corrected chi connectivity index (χ4v) is 3.57. The molecule has 146 valence electrons. The number of hydrogen-bond donors (Lipinski definition) is 1. The lowest BCUT2D eigenvalue weighted by molar-refractivity contribution is -0.119. The van der Waals surface area contributed by atoms with E-state index in [4.69, 9.17) is 4.74 Å². The van der Waals surface area contributed by atoms with Gasteiger partial charge in [0.05, 0.1) is 11.1 Å². The Kier molecular flexibility index (Phi) is 6.34. The third-order valence-electron chi connectivity index (χ3n) is 4.53. The number of nitrogens with zero attached hydrogens (tertiary/aromatic N) is 2. The van der Waals surface area contributed by atoms with E-state index in [1.165, 1.54) is 0 Å².